The summed E-state index contributed by atoms with van der Waals surface area (Å²) in [6, 6.07) is -2.55. The molecule has 0 aromatic carbocycles. The first-order valence-corrected chi connectivity index (χ1v) is 6.11. The van der Waals surface area contributed by atoms with Gasteiger partial charge in [-0.25, -0.2) is 9.59 Å². The summed E-state index contributed by atoms with van der Waals surface area (Å²) in [6.45, 7) is 3.43. The van der Waals surface area contributed by atoms with Gasteiger partial charge in [0.1, 0.15) is 0 Å². The Labute approximate surface area is 115 Å². The minimum absolute atomic E-state index is 0.0175. The molecule has 0 aliphatic carbocycles. The lowest BCUT2D eigenvalue weighted by Gasteiger charge is -2.32. The van der Waals surface area contributed by atoms with Gasteiger partial charge < -0.3 is 20.4 Å². The second kappa shape index (κ2) is 6.33. The van der Waals surface area contributed by atoms with Crippen LogP contribution in [0.2, 0.25) is 0 Å². The predicted molar refractivity (Wildman–Crippen MR) is 65.6 cm³/mol. The van der Waals surface area contributed by atoms with Crippen molar-refractivity contribution in [3.8, 4) is 0 Å². The van der Waals surface area contributed by atoms with E-state index < -0.39 is 36.0 Å². The molecule has 1 aliphatic heterocycles. The number of nitrogens with zero attached hydrogens (tertiary/aromatic N) is 2. The van der Waals surface area contributed by atoms with E-state index in [1.807, 2.05) is 5.32 Å². The number of piperazine rings is 1. The maximum atomic E-state index is 11.8. The lowest BCUT2D eigenvalue weighted by atomic mass is 10.2. The zero-order valence-electron chi connectivity index (χ0n) is 11.2. The van der Waals surface area contributed by atoms with Gasteiger partial charge in [0.15, 0.2) is 6.04 Å². The first-order valence-electron chi connectivity index (χ1n) is 6.11. The minimum Gasteiger partial charge on any atom is -0.480 e. The van der Waals surface area contributed by atoms with Gasteiger partial charge in [-0.15, -0.1) is 0 Å². The van der Waals surface area contributed by atoms with Crippen LogP contribution < -0.4 is 5.32 Å². The number of hydrogen-bond acceptors (Lipinski definition) is 5. The third-order valence-electron chi connectivity index (χ3n) is 2.96. The molecular formula is C11H17N3O6. The Hall–Kier alpha value is -2.16. The molecule has 0 bridgehead atoms. The van der Waals surface area contributed by atoms with Crippen molar-refractivity contribution in [2.75, 3.05) is 19.6 Å². The van der Waals surface area contributed by atoms with E-state index in [9.17, 15) is 24.3 Å². The summed E-state index contributed by atoms with van der Waals surface area (Å²) in [4.78, 5) is 47.9. The van der Waals surface area contributed by atoms with Crippen LogP contribution in [0.25, 0.3) is 0 Å². The Bertz CT molecular complexity index is 436. The fraction of sp³-hybridized carbons (Fsp3) is 0.636. The van der Waals surface area contributed by atoms with Crippen LogP contribution in [0.3, 0.4) is 0 Å². The molecule has 9 nitrogen and oxygen atoms in total. The molecule has 1 rings (SSSR count). The van der Waals surface area contributed by atoms with Gasteiger partial charge in [-0.3, -0.25) is 14.5 Å². The molecule has 0 aromatic heterocycles. The molecule has 112 valence electrons. The van der Waals surface area contributed by atoms with Crippen LogP contribution >= 0.6 is 0 Å². The van der Waals surface area contributed by atoms with E-state index in [1.54, 1.807) is 6.92 Å². The van der Waals surface area contributed by atoms with Gasteiger partial charge in [0.25, 0.3) is 0 Å². The first kappa shape index (κ1) is 15.9. The summed E-state index contributed by atoms with van der Waals surface area (Å²) >= 11 is 0. The Kier molecular flexibility index (Phi) is 5.03. The summed E-state index contributed by atoms with van der Waals surface area (Å²) in [5.41, 5.74) is 0. The van der Waals surface area contributed by atoms with Crippen molar-refractivity contribution in [2.45, 2.75) is 26.0 Å². The van der Waals surface area contributed by atoms with Crippen molar-refractivity contribution in [1.82, 2.24) is 15.1 Å². The molecule has 2 atom stereocenters. The van der Waals surface area contributed by atoms with Crippen LogP contribution in [0, 0.1) is 0 Å². The van der Waals surface area contributed by atoms with Crippen molar-refractivity contribution in [3.05, 3.63) is 0 Å². The average molecular weight is 287 g/mol. The van der Waals surface area contributed by atoms with E-state index in [0.29, 0.717) is 11.4 Å². The van der Waals surface area contributed by atoms with Crippen LogP contribution in [-0.2, 0) is 14.4 Å². The average Bonchev–Trinajstić information content (AvgIpc) is 2.38. The number of carbonyl (C=O) groups is 4. The van der Waals surface area contributed by atoms with Crippen molar-refractivity contribution in [1.29, 1.82) is 0 Å². The van der Waals surface area contributed by atoms with Gasteiger partial charge >= 0.3 is 23.8 Å². The largest absolute Gasteiger partial charge is 0.480 e. The number of aliphatic hydroxyl groups excluding tert-OH is 1. The molecule has 0 spiro atoms. The Morgan fingerprint density at radius 2 is 1.90 bits per heavy atom. The number of carboxylic acids is 1. The molecule has 4 amide bonds. The number of aliphatic hydroxyl groups is 1. The van der Waals surface area contributed by atoms with Crippen molar-refractivity contribution < 1.29 is 29.4 Å². The number of amides is 4. The number of carboxylic acid groups (broad SMARTS) is 1. The molecule has 3 N–H and O–H groups in total. The van der Waals surface area contributed by atoms with Crippen LogP contribution in [0.5, 0.6) is 0 Å². The van der Waals surface area contributed by atoms with Gasteiger partial charge in [-0.2, -0.15) is 0 Å². The molecule has 0 aromatic rings. The molecule has 1 fully saturated rings. The van der Waals surface area contributed by atoms with Gasteiger partial charge in [0, 0.05) is 19.6 Å². The van der Waals surface area contributed by atoms with Gasteiger partial charge in [0.05, 0.1) is 6.10 Å². The van der Waals surface area contributed by atoms with Crippen molar-refractivity contribution >= 4 is 23.8 Å². The number of imide groups is 1. The number of urea groups is 1. The molecular weight excluding hydrogens is 270 g/mol. The van der Waals surface area contributed by atoms with Gasteiger partial charge in [-0.1, -0.05) is 0 Å². The van der Waals surface area contributed by atoms with Crippen LogP contribution in [0.15, 0.2) is 0 Å². The van der Waals surface area contributed by atoms with E-state index >= 15 is 0 Å². The Morgan fingerprint density at radius 1 is 1.30 bits per heavy atom. The molecule has 20 heavy (non-hydrogen) atoms. The summed E-state index contributed by atoms with van der Waals surface area (Å²) in [5.74, 6) is -3.25. The quantitative estimate of drug-likeness (QED) is 0.525. The fourth-order valence-corrected chi connectivity index (χ4v) is 1.77. The highest BCUT2D eigenvalue weighted by molar-refractivity contribution is 6.38. The molecule has 0 saturated carbocycles. The highest BCUT2D eigenvalue weighted by atomic mass is 16.4. The molecule has 0 radical (unpaired) electrons. The second-order valence-electron chi connectivity index (χ2n) is 4.35. The highest BCUT2D eigenvalue weighted by Gasteiger charge is 2.37. The standard InChI is InChI=1S/C11H17N3O6/c1-3-13-4-5-14(9(17)8(13)16)11(20)12-7(6(2)15)10(18)19/h6-7,15H,3-5H2,1-2H3,(H,12,20)(H,18,19). The van der Waals surface area contributed by atoms with Crippen molar-refractivity contribution in [3.63, 3.8) is 0 Å². The van der Waals surface area contributed by atoms with Crippen LogP contribution in [0.1, 0.15) is 13.8 Å². The minimum atomic E-state index is -1.55. The summed E-state index contributed by atoms with van der Waals surface area (Å²) < 4.78 is 0. The fourth-order valence-electron chi connectivity index (χ4n) is 1.77. The van der Waals surface area contributed by atoms with Gasteiger partial charge in [-0.05, 0) is 13.8 Å². The number of aliphatic carboxylic acids is 1. The number of hydrogen-bond donors (Lipinski definition) is 3. The Morgan fingerprint density at radius 3 is 2.35 bits per heavy atom. The number of carbonyl (C=O) groups excluding carboxylic acids is 3. The lowest BCUT2D eigenvalue weighted by molar-refractivity contribution is -0.153. The summed E-state index contributed by atoms with van der Waals surface area (Å²) in [5, 5.41) is 20.1. The first-order chi connectivity index (χ1) is 9.29. The molecule has 1 heterocycles. The number of rotatable bonds is 4. The molecule has 1 aliphatic rings. The summed E-state index contributed by atoms with van der Waals surface area (Å²) in [6.07, 6.45) is -1.33. The molecule has 9 heteroatoms. The number of likely N-dealkylation sites (N-methyl/N-ethyl adjacent to an activating group) is 1. The second-order valence-corrected chi connectivity index (χ2v) is 4.35. The maximum absolute atomic E-state index is 11.8. The Balaban J connectivity index is 2.76. The highest BCUT2D eigenvalue weighted by Crippen LogP contribution is 2.06. The van der Waals surface area contributed by atoms with E-state index in [0.717, 1.165) is 0 Å². The van der Waals surface area contributed by atoms with E-state index in [1.165, 1.54) is 11.8 Å². The smallest absolute Gasteiger partial charge is 0.328 e. The van der Waals surface area contributed by atoms with Crippen LogP contribution in [-0.4, -0.2) is 75.6 Å². The zero-order valence-corrected chi connectivity index (χ0v) is 11.2. The third-order valence-corrected chi connectivity index (χ3v) is 2.96. The SMILES string of the molecule is CCN1CCN(C(=O)NC(C(=O)O)C(C)O)C(=O)C1=O. The van der Waals surface area contributed by atoms with Gasteiger partial charge in [0.2, 0.25) is 0 Å². The lowest BCUT2D eigenvalue weighted by Crippen LogP contribution is -2.60. The number of nitrogens with one attached hydrogen (secondary N) is 1. The topological polar surface area (TPSA) is 127 Å². The maximum Gasteiger partial charge on any atom is 0.328 e. The normalized spacial score (nSPS) is 18.8. The van der Waals surface area contributed by atoms with Crippen LogP contribution in [0.4, 0.5) is 4.79 Å². The van der Waals surface area contributed by atoms with E-state index in [-0.39, 0.29) is 13.1 Å². The van der Waals surface area contributed by atoms with Crippen molar-refractivity contribution in [2.24, 2.45) is 0 Å². The summed E-state index contributed by atoms with van der Waals surface area (Å²) in [7, 11) is 0. The molecule has 2 unspecified atom stereocenters. The molecule has 1 saturated heterocycles. The third kappa shape index (κ3) is 3.23. The zero-order chi connectivity index (χ0) is 15.4. The van der Waals surface area contributed by atoms with E-state index in [4.69, 9.17) is 5.11 Å². The monoisotopic (exact) mass is 287 g/mol. The predicted octanol–water partition coefficient (Wildman–Crippen LogP) is -1.78. The van der Waals surface area contributed by atoms with E-state index in [2.05, 4.69) is 0 Å².